The Bertz CT molecular complexity index is 560. The second kappa shape index (κ2) is 5.19. The van der Waals surface area contributed by atoms with Crippen LogP contribution in [0.4, 0.5) is 5.69 Å². The Morgan fingerprint density at radius 2 is 2.15 bits per heavy atom. The Morgan fingerprint density at radius 3 is 2.95 bits per heavy atom. The van der Waals surface area contributed by atoms with E-state index in [4.69, 9.17) is 16.3 Å². The van der Waals surface area contributed by atoms with Crippen LogP contribution >= 0.6 is 11.6 Å². The summed E-state index contributed by atoms with van der Waals surface area (Å²) in [5, 5.41) is 2.81. The molecule has 0 aromatic heterocycles. The molecule has 2 aliphatic rings. The molecular weight excluding hydrogens is 278 g/mol. The van der Waals surface area contributed by atoms with Gasteiger partial charge in [-0.3, -0.25) is 9.59 Å². The van der Waals surface area contributed by atoms with Crippen LogP contribution in [0.3, 0.4) is 0 Å². The average molecular weight is 294 g/mol. The minimum Gasteiger partial charge on any atom is -0.356 e. The lowest BCUT2D eigenvalue weighted by Gasteiger charge is -2.36. The van der Waals surface area contributed by atoms with E-state index in [1.807, 2.05) is 24.3 Å². The zero-order valence-electron chi connectivity index (χ0n) is 11.0. The summed E-state index contributed by atoms with van der Waals surface area (Å²) in [5.74, 6) is 0.370. The lowest BCUT2D eigenvalue weighted by atomic mass is 9.84. The molecule has 0 bridgehead atoms. The first-order valence-corrected chi connectivity index (χ1v) is 7.35. The number of nitrogens with one attached hydrogen (secondary N) is 1. The van der Waals surface area contributed by atoms with E-state index in [0.717, 1.165) is 17.7 Å². The number of Topliss-reactive ketones (excluding diaryl/α,β-unsaturated/α-hetero) is 1. The Hall–Kier alpha value is -1.39. The highest BCUT2D eigenvalue weighted by atomic mass is 35.5. The molecule has 1 fully saturated rings. The van der Waals surface area contributed by atoms with Crippen molar-refractivity contribution in [1.29, 1.82) is 0 Å². The van der Waals surface area contributed by atoms with E-state index in [1.165, 1.54) is 0 Å². The molecule has 1 amide bonds. The number of benzene rings is 1. The number of hydrogen-bond donors (Lipinski definition) is 1. The first-order valence-electron chi connectivity index (χ1n) is 6.82. The van der Waals surface area contributed by atoms with Crippen LogP contribution in [0.15, 0.2) is 24.3 Å². The quantitative estimate of drug-likeness (QED) is 0.872. The molecule has 4 nitrogen and oxygen atoms in total. The smallest absolute Gasteiger partial charge is 0.261 e. The number of hydrogen-bond acceptors (Lipinski definition) is 3. The van der Waals surface area contributed by atoms with Gasteiger partial charge >= 0.3 is 0 Å². The number of alkyl halides is 1. The zero-order valence-corrected chi connectivity index (χ0v) is 11.8. The number of carbonyl (C=O) groups is 2. The van der Waals surface area contributed by atoms with Crippen molar-refractivity contribution in [1.82, 2.24) is 0 Å². The summed E-state index contributed by atoms with van der Waals surface area (Å²) in [6, 6.07) is 7.40. The molecule has 106 valence electrons. The van der Waals surface area contributed by atoms with Gasteiger partial charge in [-0.2, -0.15) is 0 Å². The van der Waals surface area contributed by atoms with Crippen molar-refractivity contribution in [2.45, 2.75) is 37.4 Å². The Morgan fingerprint density at radius 1 is 1.35 bits per heavy atom. The molecule has 3 rings (SSSR count). The molecule has 0 saturated carbocycles. The molecule has 1 saturated heterocycles. The summed E-state index contributed by atoms with van der Waals surface area (Å²) in [6.45, 7) is 0. The highest BCUT2D eigenvalue weighted by Crippen LogP contribution is 2.45. The lowest BCUT2D eigenvalue weighted by Crippen LogP contribution is -2.47. The topological polar surface area (TPSA) is 55.4 Å². The maximum atomic E-state index is 12.4. The normalized spacial score (nSPS) is 28.6. The number of anilines is 1. The molecule has 2 aliphatic heterocycles. The fourth-order valence-corrected chi connectivity index (χ4v) is 3.17. The van der Waals surface area contributed by atoms with Crippen LogP contribution in [0.25, 0.3) is 0 Å². The molecule has 1 N–H and O–H groups in total. The van der Waals surface area contributed by atoms with Crippen molar-refractivity contribution in [2.75, 3.05) is 11.2 Å². The number of carbonyl (C=O) groups excluding carboxylic acids is 2. The SMILES string of the molecule is O=C1C[C@H](CCCCl)O[C@@]2(C1)C(=O)Nc1ccccc12. The molecule has 20 heavy (non-hydrogen) atoms. The third kappa shape index (κ3) is 2.13. The van der Waals surface area contributed by atoms with Gasteiger partial charge in [0.2, 0.25) is 0 Å². The first kappa shape index (κ1) is 13.6. The lowest BCUT2D eigenvalue weighted by molar-refractivity contribution is -0.170. The maximum absolute atomic E-state index is 12.4. The van der Waals surface area contributed by atoms with Gasteiger partial charge < -0.3 is 10.1 Å². The second-order valence-corrected chi connectivity index (χ2v) is 5.70. The van der Waals surface area contributed by atoms with Gasteiger partial charge in [-0.05, 0) is 18.9 Å². The molecule has 2 heterocycles. The van der Waals surface area contributed by atoms with E-state index < -0.39 is 5.60 Å². The van der Waals surface area contributed by atoms with Crippen LogP contribution < -0.4 is 5.32 Å². The van der Waals surface area contributed by atoms with Crippen LogP contribution in [0.1, 0.15) is 31.2 Å². The minimum atomic E-state index is -1.14. The van der Waals surface area contributed by atoms with Crippen LogP contribution in [0.2, 0.25) is 0 Å². The van der Waals surface area contributed by atoms with Crippen molar-refractivity contribution in [3.05, 3.63) is 29.8 Å². The Labute approximate surface area is 122 Å². The summed E-state index contributed by atoms with van der Waals surface area (Å²) < 4.78 is 6.05. The van der Waals surface area contributed by atoms with E-state index in [0.29, 0.717) is 18.7 Å². The molecule has 0 unspecified atom stereocenters. The van der Waals surface area contributed by atoms with Crippen LogP contribution in [0.5, 0.6) is 0 Å². The van der Waals surface area contributed by atoms with Gasteiger partial charge in [0.25, 0.3) is 5.91 Å². The minimum absolute atomic E-state index is 0.0719. The largest absolute Gasteiger partial charge is 0.356 e. The highest BCUT2D eigenvalue weighted by molar-refractivity contribution is 6.17. The third-order valence-corrected chi connectivity index (χ3v) is 4.17. The number of rotatable bonds is 3. The number of para-hydroxylation sites is 1. The third-order valence-electron chi connectivity index (χ3n) is 3.91. The van der Waals surface area contributed by atoms with E-state index in [1.54, 1.807) is 0 Å². The van der Waals surface area contributed by atoms with Crippen molar-refractivity contribution < 1.29 is 14.3 Å². The average Bonchev–Trinajstić information content (AvgIpc) is 2.69. The molecule has 2 atom stereocenters. The number of amides is 1. The fourth-order valence-electron chi connectivity index (χ4n) is 3.02. The summed E-state index contributed by atoms with van der Waals surface area (Å²) in [5.41, 5.74) is 0.375. The molecule has 1 aromatic rings. The van der Waals surface area contributed by atoms with Gasteiger partial charge in [0.15, 0.2) is 5.60 Å². The fraction of sp³-hybridized carbons (Fsp3) is 0.467. The first-order chi connectivity index (χ1) is 9.65. The Kier molecular flexibility index (Phi) is 3.52. The van der Waals surface area contributed by atoms with Gasteiger partial charge in [-0.15, -0.1) is 11.6 Å². The van der Waals surface area contributed by atoms with Crippen molar-refractivity contribution in [2.24, 2.45) is 0 Å². The van der Waals surface area contributed by atoms with Crippen LogP contribution in [-0.2, 0) is 19.9 Å². The van der Waals surface area contributed by atoms with Gasteiger partial charge in [-0.25, -0.2) is 0 Å². The van der Waals surface area contributed by atoms with E-state index in [9.17, 15) is 9.59 Å². The van der Waals surface area contributed by atoms with Crippen molar-refractivity contribution in [3.8, 4) is 0 Å². The number of halogens is 1. The Balaban J connectivity index is 1.94. The van der Waals surface area contributed by atoms with Crippen molar-refractivity contribution in [3.63, 3.8) is 0 Å². The number of ether oxygens (including phenoxy) is 1. The molecule has 1 spiro atoms. The van der Waals surface area contributed by atoms with Crippen LogP contribution in [-0.4, -0.2) is 23.7 Å². The van der Waals surface area contributed by atoms with E-state index in [-0.39, 0.29) is 24.2 Å². The molecule has 1 aromatic carbocycles. The summed E-state index contributed by atoms with van der Waals surface area (Å²) in [6.07, 6.45) is 1.74. The summed E-state index contributed by atoms with van der Waals surface area (Å²) in [4.78, 5) is 24.4. The van der Waals surface area contributed by atoms with Gasteiger partial charge in [0, 0.05) is 30.0 Å². The van der Waals surface area contributed by atoms with Gasteiger partial charge in [0.05, 0.1) is 6.10 Å². The van der Waals surface area contributed by atoms with Crippen molar-refractivity contribution >= 4 is 29.0 Å². The van der Waals surface area contributed by atoms with Gasteiger partial charge in [0.1, 0.15) is 5.78 Å². The predicted octanol–water partition coefficient (Wildman–Crippen LogP) is 2.60. The molecule has 5 heteroatoms. The second-order valence-electron chi connectivity index (χ2n) is 5.32. The van der Waals surface area contributed by atoms with Crippen LogP contribution in [0, 0.1) is 0 Å². The predicted molar refractivity (Wildman–Crippen MR) is 75.8 cm³/mol. The molecule has 0 aliphatic carbocycles. The monoisotopic (exact) mass is 293 g/mol. The standard InChI is InChI=1S/C15H16ClNO3/c16-7-3-4-11-8-10(18)9-15(20-11)12-5-1-2-6-13(12)17-14(15)19/h1-2,5-6,11H,3-4,7-9H2,(H,17,19)/t11-,15+/m0/s1. The maximum Gasteiger partial charge on any atom is 0.261 e. The number of fused-ring (bicyclic) bond motifs is 2. The van der Waals surface area contributed by atoms with E-state index >= 15 is 0 Å². The number of ketones is 1. The summed E-state index contributed by atoms with van der Waals surface area (Å²) >= 11 is 5.70. The van der Waals surface area contributed by atoms with Gasteiger partial charge in [-0.1, -0.05) is 18.2 Å². The molecule has 0 radical (unpaired) electrons. The zero-order chi connectivity index (χ0) is 14.2. The highest BCUT2D eigenvalue weighted by Gasteiger charge is 2.53. The summed E-state index contributed by atoms with van der Waals surface area (Å²) in [7, 11) is 0. The van der Waals surface area contributed by atoms with E-state index in [2.05, 4.69) is 5.32 Å². The molecular formula is C15H16ClNO3.